The summed E-state index contributed by atoms with van der Waals surface area (Å²) in [5.41, 5.74) is 1.59. The summed E-state index contributed by atoms with van der Waals surface area (Å²) in [5, 5.41) is 11.4. The molecular formula is C17H14ClN5O2. The van der Waals surface area contributed by atoms with Gasteiger partial charge in [-0.2, -0.15) is 0 Å². The van der Waals surface area contributed by atoms with E-state index in [0.29, 0.717) is 28.3 Å². The SMILES string of the molecule is O=C(c1ccccc1)N(O)[C@@H]1C=C[C@@H](n2cnc3c(Cl)ncnc32)C1. The molecule has 0 aliphatic heterocycles. The van der Waals surface area contributed by atoms with Gasteiger partial charge in [-0.1, -0.05) is 42.0 Å². The molecule has 25 heavy (non-hydrogen) atoms. The predicted octanol–water partition coefficient (Wildman–Crippen LogP) is 2.88. The molecule has 0 saturated heterocycles. The summed E-state index contributed by atoms with van der Waals surface area (Å²) in [6.07, 6.45) is 7.27. The number of imidazole rings is 1. The number of amides is 1. The molecule has 4 rings (SSSR count). The van der Waals surface area contributed by atoms with E-state index in [-0.39, 0.29) is 6.04 Å². The van der Waals surface area contributed by atoms with E-state index in [4.69, 9.17) is 11.6 Å². The Kier molecular flexibility index (Phi) is 3.95. The predicted molar refractivity (Wildman–Crippen MR) is 91.3 cm³/mol. The third kappa shape index (κ3) is 2.77. The number of halogens is 1. The molecule has 8 heteroatoms. The highest BCUT2D eigenvalue weighted by molar-refractivity contribution is 6.33. The van der Waals surface area contributed by atoms with Crippen molar-refractivity contribution in [3.8, 4) is 0 Å². The van der Waals surface area contributed by atoms with Gasteiger partial charge in [0.15, 0.2) is 10.8 Å². The van der Waals surface area contributed by atoms with Crippen molar-refractivity contribution in [2.75, 3.05) is 0 Å². The Bertz CT molecular complexity index is 956. The Labute approximate surface area is 148 Å². The normalized spacial score (nSPS) is 19.4. The number of hydroxylamine groups is 2. The lowest BCUT2D eigenvalue weighted by molar-refractivity contribution is -0.0777. The molecule has 2 heterocycles. The van der Waals surface area contributed by atoms with Crippen LogP contribution < -0.4 is 0 Å². The van der Waals surface area contributed by atoms with E-state index in [9.17, 15) is 10.0 Å². The lowest BCUT2D eigenvalue weighted by atomic mass is 10.1. The van der Waals surface area contributed by atoms with Gasteiger partial charge in [-0.3, -0.25) is 10.0 Å². The summed E-state index contributed by atoms with van der Waals surface area (Å²) in [6, 6.07) is 8.17. The molecule has 2 aromatic heterocycles. The number of nitrogens with zero attached hydrogens (tertiary/aromatic N) is 5. The van der Waals surface area contributed by atoms with E-state index < -0.39 is 11.9 Å². The van der Waals surface area contributed by atoms with Crippen LogP contribution in [-0.2, 0) is 0 Å². The highest BCUT2D eigenvalue weighted by Crippen LogP contribution is 2.30. The van der Waals surface area contributed by atoms with Crippen LogP contribution in [0.4, 0.5) is 0 Å². The monoisotopic (exact) mass is 355 g/mol. The third-order valence-corrected chi connectivity index (χ3v) is 4.53. The van der Waals surface area contributed by atoms with E-state index in [1.807, 2.05) is 16.7 Å². The molecule has 1 N–H and O–H groups in total. The zero-order chi connectivity index (χ0) is 17.4. The fraction of sp³-hybridized carbons (Fsp3) is 0.176. The molecule has 3 aromatic rings. The van der Waals surface area contributed by atoms with Crippen LogP contribution in [0.3, 0.4) is 0 Å². The molecule has 0 bridgehead atoms. The van der Waals surface area contributed by atoms with Gasteiger partial charge in [0, 0.05) is 5.56 Å². The van der Waals surface area contributed by atoms with E-state index in [1.54, 1.807) is 36.7 Å². The average molecular weight is 356 g/mol. The van der Waals surface area contributed by atoms with Crippen molar-refractivity contribution < 1.29 is 10.0 Å². The Morgan fingerprint density at radius 3 is 2.80 bits per heavy atom. The number of hydrogen-bond acceptors (Lipinski definition) is 5. The molecular weight excluding hydrogens is 342 g/mol. The molecule has 2 atom stereocenters. The second kappa shape index (κ2) is 6.27. The van der Waals surface area contributed by atoms with Gasteiger partial charge in [0.25, 0.3) is 5.91 Å². The van der Waals surface area contributed by atoms with Crippen molar-refractivity contribution >= 4 is 28.7 Å². The van der Waals surface area contributed by atoms with Gasteiger partial charge in [0.1, 0.15) is 11.8 Å². The first-order chi connectivity index (χ1) is 12.1. The molecule has 0 fully saturated rings. The molecule has 1 aromatic carbocycles. The highest BCUT2D eigenvalue weighted by atomic mass is 35.5. The summed E-state index contributed by atoms with van der Waals surface area (Å²) >= 11 is 6.03. The number of rotatable bonds is 3. The van der Waals surface area contributed by atoms with Crippen LogP contribution in [0.15, 0.2) is 55.1 Å². The summed E-state index contributed by atoms with van der Waals surface area (Å²) in [4.78, 5) is 24.8. The Morgan fingerprint density at radius 2 is 2.00 bits per heavy atom. The van der Waals surface area contributed by atoms with Crippen LogP contribution in [-0.4, -0.2) is 41.7 Å². The average Bonchev–Trinajstić information content (AvgIpc) is 3.28. The minimum atomic E-state index is -0.434. The molecule has 1 amide bonds. The Hall–Kier alpha value is -2.77. The van der Waals surface area contributed by atoms with Crippen molar-refractivity contribution in [3.05, 3.63) is 65.9 Å². The lowest BCUT2D eigenvalue weighted by Crippen LogP contribution is -2.35. The summed E-state index contributed by atoms with van der Waals surface area (Å²) in [7, 11) is 0. The van der Waals surface area contributed by atoms with Crippen LogP contribution in [0.2, 0.25) is 5.15 Å². The number of carbonyl (C=O) groups excluding carboxylic acids is 1. The van der Waals surface area contributed by atoms with Crippen LogP contribution in [0, 0.1) is 0 Å². The quantitative estimate of drug-likeness (QED) is 0.338. The van der Waals surface area contributed by atoms with Crippen LogP contribution in [0.5, 0.6) is 0 Å². The van der Waals surface area contributed by atoms with Gasteiger partial charge in [-0.25, -0.2) is 20.0 Å². The van der Waals surface area contributed by atoms with E-state index in [2.05, 4.69) is 15.0 Å². The smallest absolute Gasteiger partial charge is 0.277 e. The Balaban J connectivity index is 1.54. The third-order valence-electron chi connectivity index (χ3n) is 4.25. The van der Waals surface area contributed by atoms with Crippen LogP contribution in [0.25, 0.3) is 11.2 Å². The lowest BCUT2D eigenvalue weighted by Gasteiger charge is -2.22. The van der Waals surface area contributed by atoms with E-state index in [1.165, 1.54) is 6.33 Å². The van der Waals surface area contributed by atoms with Crippen molar-refractivity contribution in [2.45, 2.75) is 18.5 Å². The maximum atomic E-state index is 12.4. The van der Waals surface area contributed by atoms with E-state index in [0.717, 1.165) is 5.06 Å². The first kappa shape index (κ1) is 15.7. The maximum Gasteiger partial charge on any atom is 0.277 e. The molecule has 0 spiro atoms. The first-order valence-electron chi connectivity index (χ1n) is 7.74. The molecule has 1 aliphatic rings. The van der Waals surface area contributed by atoms with Gasteiger partial charge in [-0.05, 0) is 18.6 Å². The molecule has 0 saturated carbocycles. The molecule has 0 unspecified atom stereocenters. The van der Waals surface area contributed by atoms with Crippen molar-refractivity contribution in [3.63, 3.8) is 0 Å². The molecule has 126 valence electrons. The zero-order valence-electron chi connectivity index (χ0n) is 13.0. The van der Waals surface area contributed by atoms with Crippen molar-refractivity contribution in [2.24, 2.45) is 0 Å². The zero-order valence-corrected chi connectivity index (χ0v) is 13.8. The van der Waals surface area contributed by atoms with Crippen LogP contribution >= 0.6 is 11.6 Å². The van der Waals surface area contributed by atoms with Crippen molar-refractivity contribution in [1.82, 2.24) is 24.6 Å². The van der Waals surface area contributed by atoms with Crippen LogP contribution in [0.1, 0.15) is 22.8 Å². The van der Waals surface area contributed by atoms with Gasteiger partial charge in [0.2, 0.25) is 0 Å². The summed E-state index contributed by atoms with van der Waals surface area (Å²) < 4.78 is 1.86. The van der Waals surface area contributed by atoms with E-state index >= 15 is 0 Å². The molecule has 0 radical (unpaired) electrons. The minimum absolute atomic E-state index is 0.0841. The summed E-state index contributed by atoms with van der Waals surface area (Å²) in [5.74, 6) is -0.434. The topological polar surface area (TPSA) is 84.1 Å². The minimum Gasteiger partial charge on any atom is -0.308 e. The van der Waals surface area contributed by atoms with Crippen molar-refractivity contribution in [1.29, 1.82) is 0 Å². The highest BCUT2D eigenvalue weighted by Gasteiger charge is 2.29. The van der Waals surface area contributed by atoms with Gasteiger partial charge in [-0.15, -0.1) is 0 Å². The second-order valence-corrected chi connectivity index (χ2v) is 6.12. The largest absolute Gasteiger partial charge is 0.308 e. The number of aromatic nitrogens is 4. The fourth-order valence-electron chi connectivity index (χ4n) is 2.98. The van der Waals surface area contributed by atoms with Gasteiger partial charge < -0.3 is 4.57 Å². The molecule has 1 aliphatic carbocycles. The standard InChI is InChI=1S/C17H14ClN5O2/c18-15-14-16(20-9-19-15)22(10-21-14)12-6-7-13(8-12)23(25)17(24)11-4-2-1-3-5-11/h1-7,9-10,12-13,25H,8H2/t12-,13-/m1/s1. The number of hydrogen-bond donors (Lipinski definition) is 1. The van der Waals surface area contributed by atoms with Gasteiger partial charge in [0.05, 0.1) is 18.4 Å². The second-order valence-electron chi connectivity index (χ2n) is 5.76. The number of allylic oxidation sites excluding steroid dienone is 1. The maximum absolute atomic E-state index is 12.4. The number of fused-ring (bicyclic) bond motifs is 1. The molecule has 7 nitrogen and oxygen atoms in total. The Morgan fingerprint density at radius 1 is 1.20 bits per heavy atom. The first-order valence-corrected chi connectivity index (χ1v) is 8.12. The fourth-order valence-corrected chi connectivity index (χ4v) is 3.16. The number of benzene rings is 1. The van der Waals surface area contributed by atoms with Gasteiger partial charge >= 0.3 is 0 Å². The number of carbonyl (C=O) groups is 1. The summed E-state index contributed by atoms with van der Waals surface area (Å²) in [6.45, 7) is 0.